The number of anilines is 1. The van der Waals surface area contributed by atoms with E-state index in [1.165, 1.54) is 10.1 Å². The predicted octanol–water partition coefficient (Wildman–Crippen LogP) is 3.16. The molecule has 0 unspecified atom stereocenters. The van der Waals surface area contributed by atoms with Gasteiger partial charge in [0.25, 0.3) is 5.56 Å². The zero-order valence-corrected chi connectivity index (χ0v) is 15.8. The smallest absolute Gasteiger partial charge is 0.277 e. The Morgan fingerprint density at radius 3 is 2.54 bits per heavy atom. The number of methoxy groups -OCH3 is 1. The number of carbonyl (C=O) groups excluding carboxylic acids is 1. The number of hydrogen-bond donors (Lipinski definition) is 1. The van der Waals surface area contributed by atoms with E-state index < -0.39 is 0 Å². The van der Waals surface area contributed by atoms with E-state index in [0.29, 0.717) is 24.3 Å². The molecule has 3 rings (SSSR count). The molecule has 144 valence electrons. The molecule has 0 saturated heterocycles. The fourth-order valence-corrected chi connectivity index (χ4v) is 2.98. The van der Waals surface area contributed by atoms with Gasteiger partial charge in [0, 0.05) is 12.1 Å². The molecule has 3 aromatic rings. The molecule has 1 heterocycles. The average Bonchev–Trinajstić information content (AvgIpc) is 2.74. The quantitative estimate of drug-likeness (QED) is 0.458. The molecule has 28 heavy (non-hydrogen) atoms. The number of aldehydes is 1. The molecule has 0 atom stereocenters. The van der Waals surface area contributed by atoms with Gasteiger partial charge in [-0.05, 0) is 30.5 Å². The van der Waals surface area contributed by atoms with Crippen LogP contribution in [-0.2, 0) is 17.8 Å². The van der Waals surface area contributed by atoms with Crippen molar-refractivity contribution in [3.05, 3.63) is 76.7 Å². The van der Waals surface area contributed by atoms with Crippen molar-refractivity contribution in [3.8, 4) is 17.1 Å². The first-order valence-corrected chi connectivity index (χ1v) is 9.18. The Hall–Kier alpha value is -3.41. The van der Waals surface area contributed by atoms with Gasteiger partial charge < -0.3 is 14.8 Å². The summed E-state index contributed by atoms with van der Waals surface area (Å²) in [5.41, 5.74) is 2.16. The summed E-state index contributed by atoms with van der Waals surface area (Å²) in [5, 5.41) is 3.15. The molecule has 2 aromatic carbocycles. The summed E-state index contributed by atoms with van der Waals surface area (Å²) in [6.45, 7) is 0.603. The minimum Gasteiger partial charge on any atom is -0.497 e. The zero-order valence-electron chi connectivity index (χ0n) is 15.8. The van der Waals surface area contributed by atoms with E-state index in [1.54, 1.807) is 13.3 Å². The zero-order chi connectivity index (χ0) is 19.8. The van der Waals surface area contributed by atoms with E-state index in [-0.39, 0.29) is 12.1 Å². The number of ether oxygens (including phenoxy) is 1. The van der Waals surface area contributed by atoms with Crippen molar-refractivity contribution in [3.63, 3.8) is 0 Å². The third-order valence-electron chi connectivity index (χ3n) is 4.45. The topological polar surface area (TPSA) is 73.2 Å². The van der Waals surface area contributed by atoms with Gasteiger partial charge in [-0.3, -0.25) is 9.36 Å². The highest BCUT2D eigenvalue weighted by Gasteiger charge is 2.11. The molecule has 0 amide bonds. The van der Waals surface area contributed by atoms with E-state index in [9.17, 15) is 9.59 Å². The van der Waals surface area contributed by atoms with Crippen molar-refractivity contribution in [1.82, 2.24) is 9.55 Å². The van der Waals surface area contributed by atoms with E-state index in [4.69, 9.17) is 4.74 Å². The van der Waals surface area contributed by atoms with Gasteiger partial charge in [0.15, 0.2) is 0 Å². The van der Waals surface area contributed by atoms with E-state index in [2.05, 4.69) is 10.3 Å². The monoisotopic (exact) mass is 377 g/mol. The molecule has 6 heteroatoms. The summed E-state index contributed by atoms with van der Waals surface area (Å²) in [6.07, 6.45) is 4.00. The van der Waals surface area contributed by atoms with Crippen molar-refractivity contribution in [1.29, 1.82) is 0 Å². The number of rotatable bonds is 9. The van der Waals surface area contributed by atoms with Crippen LogP contribution in [0.15, 0.2) is 65.6 Å². The first kappa shape index (κ1) is 19.4. The van der Waals surface area contributed by atoms with Crippen LogP contribution in [0.4, 0.5) is 5.69 Å². The second-order valence-electron chi connectivity index (χ2n) is 6.32. The molecule has 0 fully saturated rings. The van der Waals surface area contributed by atoms with E-state index >= 15 is 0 Å². The van der Waals surface area contributed by atoms with Gasteiger partial charge in [-0.15, -0.1) is 0 Å². The summed E-state index contributed by atoms with van der Waals surface area (Å²) in [4.78, 5) is 28.3. The minimum absolute atomic E-state index is 0.0303. The molecule has 1 aromatic heterocycles. The standard InChI is InChI=1S/C22H23N3O3/c1-28-19-11-9-17(10-12-19)6-5-13-23-20-16-24-21(18-7-3-2-4-8-18)25(14-15-26)22(20)27/h2-4,7-12,15-16,23H,5-6,13-14H2,1H3. The normalized spacial score (nSPS) is 10.5. The third kappa shape index (κ3) is 4.65. The second kappa shape index (κ2) is 9.50. The predicted molar refractivity (Wildman–Crippen MR) is 110 cm³/mol. The Morgan fingerprint density at radius 2 is 1.86 bits per heavy atom. The van der Waals surface area contributed by atoms with Crippen molar-refractivity contribution in [2.75, 3.05) is 19.0 Å². The first-order chi connectivity index (χ1) is 13.7. The van der Waals surface area contributed by atoms with Crippen LogP contribution in [0.5, 0.6) is 5.75 Å². The number of aromatic nitrogens is 2. The lowest BCUT2D eigenvalue weighted by Gasteiger charge is -2.12. The van der Waals surface area contributed by atoms with Crippen LogP contribution in [-0.4, -0.2) is 29.5 Å². The van der Waals surface area contributed by atoms with Crippen LogP contribution in [0.2, 0.25) is 0 Å². The molecule has 0 bridgehead atoms. The van der Waals surface area contributed by atoms with Crippen LogP contribution in [0.3, 0.4) is 0 Å². The number of hydrogen-bond acceptors (Lipinski definition) is 5. The van der Waals surface area contributed by atoms with Gasteiger partial charge in [-0.25, -0.2) is 4.98 Å². The van der Waals surface area contributed by atoms with Crippen LogP contribution < -0.4 is 15.6 Å². The molecule has 0 aliphatic rings. The van der Waals surface area contributed by atoms with E-state index in [0.717, 1.165) is 24.2 Å². The maximum absolute atomic E-state index is 12.8. The molecular weight excluding hydrogens is 354 g/mol. The van der Waals surface area contributed by atoms with Crippen molar-refractivity contribution in [2.24, 2.45) is 0 Å². The molecule has 0 spiro atoms. The van der Waals surface area contributed by atoms with Crippen LogP contribution in [0.1, 0.15) is 12.0 Å². The highest BCUT2D eigenvalue weighted by Crippen LogP contribution is 2.16. The fourth-order valence-electron chi connectivity index (χ4n) is 2.98. The lowest BCUT2D eigenvalue weighted by atomic mass is 10.1. The van der Waals surface area contributed by atoms with Gasteiger partial charge in [-0.1, -0.05) is 42.5 Å². The molecule has 0 aliphatic carbocycles. The molecular formula is C22H23N3O3. The Balaban J connectivity index is 1.67. The summed E-state index contributed by atoms with van der Waals surface area (Å²) < 4.78 is 6.55. The maximum atomic E-state index is 12.8. The third-order valence-corrected chi connectivity index (χ3v) is 4.45. The van der Waals surface area contributed by atoms with Gasteiger partial charge in [0.2, 0.25) is 0 Å². The average molecular weight is 377 g/mol. The Morgan fingerprint density at radius 1 is 1.11 bits per heavy atom. The van der Waals surface area contributed by atoms with E-state index in [1.807, 2.05) is 54.6 Å². The minimum atomic E-state index is -0.245. The lowest BCUT2D eigenvalue weighted by Crippen LogP contribution is -2.27. The highest BCUT2D eigenvalue weighted by molar-refractivity contribution is 5.59. The molecule has 0 saturated carbocycles. The Kier molecular flexibility index (Phi) is 6.57. The van der Waals surface area contributed by atoms with Gasteiger partial charge in [-0.2, -0.15) is 0 Å². The summed E-state index contributed by atoms with van der Waals surface area (Å²) in [7, 11) is 1.65. The van der Waals surface area contributed by atoms with Crippen molar-refractivity contribution < 1.29 is 9.53 Å². The molecule has 0 radical (unpaired) electrons. The van der Waals surface area contributed by atoms with Crippen LogP contribution in [0, 0.1) is 0 Å². The SMILES string of the molecule is COc1ccc(CCCNc2cnc(-c3ccccc3)n(CC=O)c2=O)cc1. The summed E-state index contributed by atoms with van der Waals surface area (Å²) in [6, 6.07) is 17.3. The first-order valence-electron chi connectivity index (χ1n) is 9.18. The number of aryl methyl sites for hydroxylation is 1. The number of nitrogens with one attached hydrogen (secondary N) is 1. The summed E-state index contributed by atoms with van der Waals surface area (Å²) in [5.74, 6) is 1.32. The van der Waals surface area contributed by atoms with Crippen LogP contribution in [0.25, 0.3) is 11.4 Å². The number of benzene rings is 2. The van der Waals surface area contributed by atoms with Gasteiger partial charge >= 0.3 is 0 Å². The van der Waals surface area contributed by atoms with Crippen molar-refractivity contribution >= 4 is 12.0 Å². The lowest BCUT2D eigenvalue weighted by molar-refractivity contribution is -0.108. The Labute approximate surface area is 163 Å². The number of nitrogens with zero attached hydrogens (tertiary/aromatic N) is 2. The molecule has 1 N–H and O–H groups in total. The molecule has 0 aliphatic heterocycles. The Bertz CT molecular complexity index is 967. The molecule has 6 nitrogen and oxygen atoms in total. The fraction of sp³-hybridized carbons (Fsp3) is 0.227. The second-order valence-corrected chi connectivity index (χ2v) is 6.32. The summed E-state index contributed by atoms with van der Waals surface area (Å²) >= 11 is 0. The van der Waals surface area contributed by atoms with Gasteiger partial charge in [0.05, 0.1) is 19.9 Å². The van der Waals surface area contributed by atoms with Gasteiger partial charge in [0.1, 0.15) is 23.5 Å². The maximum Gasteiger partial charge on any atom is 0.277 e. The largest absolute Gasteiger partial charge is 0.497 e. The van der Waals surface area contributed by atoms with Crippen LogP contribution >= 0.6 is 0 Å². The van der Waals surface area contributed by atoms with Crippen molar-refractivity contribution in [2.45, 2.75) is 19.4 Å². The highest BCUT2D eigenvalue weighted by atomic mass is 16.5. The number of carbonyl (C=O) groups is 1.